The van der Waals surface area contributed by atoms with Crippen molar-refractivity contribution in [3.8, 4) is 5.75 Å². The lowest BCUT2D eigenvalue weighted by Crippen LogP contribution is -2.03. The number of hydrogen-bond donors (Lipinski definition) is 1. The second kappa shape index (κ2) is 7.90. The van der Waals surface area contributed by atoms with Crippen LogP contribution in [0.25, 0.3) is 6.08 Å². The van der Waals surface area contributed by atoms with Crippen LogP contribution >= 0.6 is 0 Å². The van der Waals surface area contributed by atoms with Crippen molar-refractivity contribution >= 4 is 17.7 Å². The van der Waals surface area contributed by atoms with E-state index in [0.717, 1.165) is 6.08 Å². The molecule has 0 radical (unpaired) electrons. The maximum absolute atomic E-state index is 11.0. The second-order valence-electron chi connectivity index (χ2n) is 3.85. The molecule has 0 atom stereocenters. The van der Waals surface area contributed by atoms with Gasteiger partial charge in [0.2, 0.25) is 0 Å². The van der Waals surface area contributed by atoms with E-state index in [2.05, 4.69) is 0 Å². The zero-order valence-electron chi connectivity index (χ0n) is 10.9. The van der Waals surface area contributed by atoms with Crippen molar-refractivity contribution in [3.05, 3.63) is 40.0 Å². The summed E-state index contributed by atoms with van der Waals surface area (Å²) < 4.78 is 10.2. The third-order valence-corrected chi connectivity index (χ3v) is 2.35. The predicted octanol–water partition coefficient (Wildman–Crippen LogP) is 2.11. The molecule has 1 rings (SSSR count). The Kier molecular flexibility index (Phi) is 6.18. The van der Waals surface area contributed by atoms with Gasteiger partial charge in [0.05, 0.1) is 11.5 Å². The van der Waals surface area contributed by atoms with E-state index < -0.39 is 10.9 Å². The zero-order valence-corrected chi connectivity index (χ0v) is 10.9. The van der Waals surface area contributed by atoms with Crippen molar-refractivity contribution in [2.24, 2.45) is 0 Å². The van der Waals surface area contributed by atoms with Crippen molar-refractivity contribution in [3.63, 3.8) is 0 Å². The Balaban J connectivity index is 2.85. The number of nitro groups is 1. The summed E-state index contributed by atoms with van der Waals surface area (Å²) >= 11 is 0. The maximum Gasteiger partial charge on any atom is 0.328 e. The van der Waals surface area contributed by atoms with Crippen LogP contribution in [-0.4, -0.2) is 36.3 Å². The molecular formula is C13H15NO6. The molecule has 0 aliphatic rings. The quantitative estimate of drug-likeness (QED) is 0.339. The first-order chi connectivity index (χ1) is 9.54. The van der Waals surface area contributed by atoms with E-state index in [1.54, 1.807) is 13.2 Å². The fourth-order valence-electron chi connectivity index (χ4n) is 1.46. The number of carboxylic acids is 1. The Morgan fingerprint density at radius 2 is 2.20 bits per heavy atom. The van der Waals surface area contributed by atoms with E-state index in [0.29, 0.717) is 25.2 Å². The minimum Gasteiger partial charge on any atom is -0.487 e. The standard InChI is InChI=1S/C13H15NO6/c1-19-7-2-8-20-12-5-3-10(4-6-13(15)16)9-11(12)14(17)18/h3-6,9H,2,7-8H2,1H3,(H,15,16)/b6-4+. The van der Waals surface area contributed by atoms with Gasteiger partial charge in [-0.2, -0.15) is 0 Å². The molecular weight excluding hydrogens is 266 g/mol. The molecule has 0 saturated heterocycles. The molecule has 0 unspecified atom stereocenters. The van der Waals surface area contributed by atoms with E-state index in [4.69, 9.17) is 14.6 Å². The largest absolute Gasteiger partial charge is 0.487 e. The summed E-state index contributed by atoms with van der Waals surface area (Å²) in [7, 11) is 1.56. The number of hydrogen-bond acceptors (Lipinski definition) is 5. The Morgan fingerprint density at radius 1 is 1.45 bits per heavy atom. The highest BCUT2D eigenvalue weighted by molar-refractivity contribution is 5.85. The topological polar surface area (TPSA) is 98.9 Å². The molecule has 1 aromatic rings. The molecule has 7 heteroatoms. The third-order valence-electron chi connectivity index (χ3n) is 2.35. The first-order valence-corrected chi connectivity index (χ1v) is 5.85. The normalized spacial score (nSPS) is 10.7. The van der Waals surface area contributed by atoms with Crippen LogP contribution < -0.4 is 4.74 Å². The van der Waals surface area contributed by atoms with Crippen molar-refractivity contribution in [2.45, 2.75) is 6.42 Å². The Bertz CT molecular complexity index is 512. The molecule has 0 aliphatic heterocycles. The minimum absolute atomic E-state index is 0.151. The van der Waals surface area contributed by atoms with Gasteiger partial charge in [-0.05, 0) is 17.7 Å². The molecule has 7 nitrogen and oxygen atoms in total. The van der Waals surface area contributed by atoms with Crippen LogP contribution in [0.2, 0.25) is 0 Å². The third kappa shape index (κ3) is 5.07. The van der Waals surface area contributed by atoms with Crippen molar-refractivity contribution in [1.29, 1.82) is 0 Å². The van der Waals surface area contributed by atoms with E-state index >= 15 is 0 Å². The van der Waals surface area contributed by atoms with E-state index in [-0.39, 0.29) is 11.4 Å². The first-order valence-electron chi connectivity index (χ1n) is 5.85. The van der Waals surface area contributed by atoms with Gasteiger partial charge >= 0.3 is 11.7 Å². The van der Waals surface area contributed by atoms with Crippen LogP contribution in [0.15, 0.2) is 24.3 Å². The van der Waals surface area contributed by atoms with E-state index in [9.17, 15) is 14.9 Å². The molecule has 0 bridgehead atoms. The molecule has 0 fully saturated rings. The molecule has 108 valence electrons. The highest BCUT2D eigenvalue weighted by Crippen LogP contribution is 2.28. The highest BCUT2D eigenvalue weighted by Gasteiger charge is 2.15. The van der Waals surface area contributed by atoms with Gasteiger partial charge < -0.3 is 14.6 Å². The average molecular weight is 281 g/mol. The second-order valence-corrected chi connectivity index (χ2v) is 3.85. The van der Waals surface area contributed by atoms with Gasteiger partial charge in [0, 0.05) is 32.3 Å². The Hall–Kier alpha value is -2.41. The first kappa shape index (κ1) is 15.6. The number of nitro benzene ring substituents is 1. The molecule has 0 heterocycles. The van der Waals surface area contributed by atoms with Gasteiger partial charge in [-0.25, -0.2) is 4.79 Å². The summed E-state index contributed by atoms with van der Waals surface area (Å²) in [6.45, 7) is 0.812. The number of carbonyl (C=O) groups is 1. The van der Waals surface area contributed by atoms with E-state index in [1.165, 1.54) is 18.2 Å². The fourth-order valence-corrected chi connectivity index (χ4v) is 1.46. The summed E-state index contributed by atoms with van der Waals surface area (Å²) in [4.78, 5) is 20.8. The molecule has 1 N–H and O–H groups in total. The summed E-state index contributed by atoms with van der Waals surface area (Å²) in [5.41, 5.74) is 0.221. The lowest BCUT2D eigenvalue weighted by atomic mass is 10.1. The number of carboxylic acid groups (broad SMARTS) is 1. The number of methoxy groups -OCH3 is 1. The minimum atomic E-state index is -1.12. The van der Waals surface area contributed by atoms with Gasteiger partial charge in [0.25, 0.3) is 0 Å². The number of rotatable bonds is 8. The number of ether oxygens (including phenoxy) is 2. The molecule has 20 heavy (non-hydrogen) atoms. The average Bonchev–Trinajstić information content (AvgIpc) is 2.41. The number of aliphatic carboxylic acids is 1. The van der Waals surface area contributed by atoms with Crippen LogP contribution in [-0.2, 0) is 9.53 Å². The molecule has 0 spiro atoms. The smallest absolute Gasteiger partial charge is 0.328 e. The summed E-state index contributed by atoms with van der Waals surface area (Å²) in [5.74, 6) is -0.967. The Labute approximate surface area is 115 Å². The maximum atomic E-state index is 11.0. The van der Waals surface area contributed by atoms with Crippen molar-refractivity contribution in [2.75, 3.05) is 20.3 Å². The summed E-state index contributed by atoms with van der Waals surface area (Å²) in [6.07, 6.45) is 2.82. The zero-order chi connectivity index (χ0) is 15.0. The van der Waals surface area contributed by atoms with Gasteiger partial charge in [-0.15, -0.1) is 0 Å². The summed E-state index contributed by atoms with van der Waals surface area (Å²) in [6, 6.07) is 4.27. The van der Waals surface area contributed by atoms with Gasteiger partial charge in [-0.1, -0.05) is 6.07 Å². The molecule has 0 aromatic heterocycles. The number of benzene rings is 1. The summed E-state index contributed by atoms with van der Waals surface area (Å²) in [5, 5.41) is 19.5. The lowest BCUT2D eigenvalue weighted by Gasteiger charge is -2.07. The van der Waals surface area contributed by atoms with Crippen LogP contribution in [0, 0.1) is 10.1 Å². The molecule has 0 amide bonds. The van der Waals surface area contributed by atoms with Crippen molar-refractivity contribution < 1.29 is 24.3 Å². The molecule has 0 aliphatic carbocycles. The van der Waals surface area contributed by atoms with Crippen LogP contribution in [0.1, 0.15) is 12.0 Å². The van der Waals surface area contributed by atoms with Gasteiger partial charge in [0.1, 0.15) is 0 Å². The van der Waals surface area contributed by atoms with Crippen LogP contribution in [0.4, 0.5) is 5.69 Å². The predicted molar refractivity (Wildman–Crippen MR) is 71.8 cm³/mol. The van der Waals surface area contributed by atoms with Gasteiger partial charge in [0.15, 0.2) is 5.75 Å². The molecule has 0 saturated carbocycles. The fraction of sp³-hybridized carbons (Fsp3) is 0.308. The van der Waals surface area contributed by atoms with Gasteiger partial charge in [-0.3, -0.25) is 10.1 Å². The Morgan fingerprint density at radius 3 is 2.80 bits per heavy atom. The van der Waals surface area contributed by atoms with Crippen LogP contribution in [0.3, 0.4) is 0 Å². The molecule has 1 aromatic carbocycles. The SMILES string of the molecule is COCCCOc1ccc(/C=C/C(=O)O)cc1[N+](=O)[O-]. The van der Waals surface area contributed by atoms with E-state index in [1.807, 2.05) is 0 Å². The monoisotopic (exact) mass is 281 g/mol. The number of nitrogens with zero attached hydrogens (tertiary/aromatic N) is 1. The lowest BCUT2D eigenvalue weighted by molar-refractivity contribution is -0.385. The van der Waals surface area contributed by atoms with Crippen molar-refractivity contribution in [1.82, 2.24) is 0 Å². The highest BCUT2D eigenvalue weighted by atomic mass is 16.6. The van der Waals surface area contributed by atoms with Crippen LogP contribution in [0.5, 0.6) is 5.75 Å².